The maximum atomic E-state index is 13.4. The van der Waals surface area contributed by atoms with E-state index in [-0.39, 0.29) is 17.6 Å². The van der Waals surface area contributed by atoms with Crippen molar-refractivity contribution in [1.82, 2.24) is 10.0 Å². The summed E-state index contributed by atoms with van der Waals surface area (Å²) in [7, 11) is -2.16. The lowest BCUT2D eigenvalue weighted by atomic mass is 10.3. The average Bonchev–Trinajstić information content (AvgIpc) is 2.29. The van der Waals surface area contributed by atoms with Crippen LogP contribution in [0.2, 0.25) is 5.02 Å². The van der Waals surface area contributed by atoms with E-state index in [1.807, 2.05) is 0 Å². The molecule has 17 heavy (non-hydrogen) atoms. The predicted octanol–water partition coefficient (Wildman–Crippen LogP) is 1.37. The van der Waals surface area contributed by atoms with Crippen LogP contribution in [0.15, 0.2) is 23.1 Å². The van der Waals surface area contributed by atoms with Crippen LogP contribution in [0.1, 0.15) is 6.92 Å². The van der Waals surface area contributed by atoms with Crippen LogP contribution in [-0.2, 0) is 10.0 Å². The Bertz CT molecular complexity index is 493. The second-order valence-corrected chi connectivity index (χ2v) is 5.79. The van der Waals surface area contributed by atoms with Crippen molar-refractivity contribution in [3.63, 3.8) is 0 Å². The van der Waals surface area contributed by atoms with E-state index >= 15 is 0 Å². The Morgan fingerprint density at radius 1 is 1.47 bits per heavy atom. The molecule has 1 rings (SSSR count). The van der Waals surface area contributed by atoms with Crippen LogP contribution in [0.5, 0.6) is 0 Å². The van der Waals surface area contributed by atoms with Gasteiger partial charge in [-0.3, -0.25) is 0 Å². The average molecular weight is 281 g/mol. The summed E-state index contributed by atoms with van der Waals surface area (Å²) >= 11 is 5.64. The number of rotatable bonds is 5. The van der Waals surface area contributed by atoms with E-state index in [0.717, 1.165) is 12.1 Å². The minimum Gasteiger partial charge on any atom is -0.316 e. The topological polar surface area (TPSA) is 58.2 Å². The van der Waals surface area contributed by atoms with Crippen LogP contribution in [-0.4, -0.2) is 28.1 Å². The first-order valence-corrected chi connectivity index (χ1v) is 6.85. The Balaban J connectivity index is 2.93. The number of benzene rings is 1. The largest absolute Gasteiger partial charge is 0.316 e. The van der Waals surface area contributed by atoms with Gasteiger partial charge in [0.25, 0.3) is 0 Å². The van der Waals surface area contributed by atoms with Gasteiger partial charge in [-0.15, -0.1) is 0 Å². The molecule has 0 aromatic heterocycles. The summed E-state index contributed by atoms with van der Waals surface area (Å²) in [6.45, 7) is 1.97. The summed E-state index contributed by atoms with van der Waals surface area (Å²) < 4.78 is 39.3. The highest BCUT2D eigenvalue weighted by Gasteiger charge is 2.19. The molecule has 0 bridgehead atoms. The molecule has 0 radical (unpaired) electrons. The molecule has 1 atom stereocenters. The van der Waals surface area contributed by atoms with Crippen molar-refractivity contribution in [3.05, 3.63) is 29.0 Å². The highest BCUT2D eigenvalue weighted by atomic mass is 35.5. The van der Waals surface area contributed by atoms with Gasteiger partial charge in [-0.25, -0.2) is 17.5 Å². The molecule has 0 aliphatic carbocycles. The highest BCUT2D eigenvalue weighted by molar-refractivity contribution is 7.89. The van der Waals surface area contributed by atoms with Crippen LogP contribution < -0.4 is 10.0 Å². The molecule has 7 heteroatoms. The summed E-state index contributed by atoms with van der Waals surface area (Å²) in [5.74, 6) is -0.820. The number of nitrogens with one attached hydrogen (secondary N) is 2. The van der Waals surface area contributed by atoms with Crippen molar-refractivity contribution in [2.75, 3.05) is 13.6 Å². The van der Waals surface area contributed by atoms with Gasteiger partial charge in [0.2, 0.25) is 10.0 Å². The van der Waals surface area contributed by atoms with Crippen molar-refractivity contribution in [2.24, 2.45) is 0 Å². The van der Waals surface area contributed by atoms with Crippen molar-refractivity contribution in [1.29, 1.82) is 0 Å². The van der Waals surface area contributed by atoms with Crippen molar-refractivity contribution in [3.8, 4) is 0 Å². The standard InChI is InChI=1S/C10H14ClFN2O2S/c1-7(13-2)6-14-17(15,16)10-5-8(11)3-4-9(10)12/h3-5,7,13-14H,6H2,1-2H3. The second kappa shape index (κ2) is 5.77. The molecule has 0 amide bonds. The number of hydrogen-bond acceptors (Lipinski definition) is 3. The van der Waals surface area contributed by atoms with Crippen molar-refractivity contribution < 1.29 is 12.8 Å². The first-order valence-electron chi connectivity index (χ1n) is 4.99. The monoisotopic (exact) mass is 280 g/mol. The summed E-state index contributed by atoms with van der Waals surface area (Å²) in [5.41, 5.74) is 0. The Morgan fingerprint density at radius 2 is 2.12 bits per heavy atom. The molecule has 0 spiro atoms. The molecular formula is C10H14ClFN2O2S. The zero-order valence-corrected chi connectivity index (χ0v) is 11.1. The molecule has 0 fully saturated rings. The lowest BCUT2D eigenvalue weighted by Crippen LogP contribution is -2.37. The van der Waals surface area contributed by atoms with Gasteiger partial charge in [-0.05, 0) is 32.2 Å². The number of sulfonamides is 1. The molecule has 96 valence electrons. The van der Waals surface area contributed by atoms with Gasteiger partial charge in [-0.1, -0.05) is 11.6 Å². The molecule has 1 unspecified atom stereocenters. The maximum Gasteiger partial charge on any atom is 0.243 e. The zero-order valence-electron chi connectivity index (χ0n) is 9.50. The minimum absolute atomic E-state index is 0.0491. The Kier molecular flexibility index (Phi) is 4.88. The van der Waals surface area contributed by atoms with Gasteiger partial charge in [0, 0.05) is 17.6 Å². The molecule has 0 aliphatic heterocycles. The van der Waals surface area contributed by atoms with Gasteiger partial charge < -0.3 is 5.32 Å². The lowest BCUT2D eigenvalue weighted by molar-refractivity contribution is 0.540. The van der Waals surface area contributed by atoms with Crippen LogP contribution in [0.3, 0.4) is 0 Å². The maximum absolute atomic E-state index is 13.4. The Morgan fingerprint density at radius 3 is 2.71 bits per heavy atom. The number of hydrogen-bond donors (Lipinski definition) is 2. The molecule has 0 saturated heterocycles. The molecule has 2 N–H and O–H groups in total. The molecule has 0 saturated carbocycles. The Labute approximate surface area is 105 Å². The van der Waals surface area contributed by atoms with E-state index < -0.39 is 20.7 Å². The molecule has 1 aromatic rings. The fourth-order valence-corrected chi connectivity index (χ4v) is 2.57. The van der Waals surface area contributed by atoms with Gasteiger partial charge in [0.15, 0.2) is 0 Å². The van der Waals surface area contributed by atoms with Gasteiger partial charge in [0.1, 0.15) is 10.7 Å². The lowest BCUT2D eigenvalue weighted by Gasteiger charge is -2.12. The normalized spacial score (nSPS) is 13.6. The predicted molar refractivity (Wildman–Crippen MR) is 65.1 cm³/mol. The molecule has 0 heterocycles. The van der Waals surface area contributed by atoms with E-state index in [0.29, 0.717) is 0 Å². The molecule has 4 nitrogen and oxygen atoms in total. The minimum atomic E-state index is -3.87. The third-order valence-corrected chi connectivity index (χ3v) is 3.93. The highest BCUT2D eigenvalue weighted by Crippen LogP contribution is 2.19. The summed E-state index contributed by atoms with van der Waals surface area (Å²) in [5, 5.41) is 3.04. The fraction of sp³-hybridized carbons (Fsp3) is 0.400. The van der Waals surface area contributed by atoms with Gasteiger partial charge in [-0.2, -0.15) is 0 Å². The van der Waals surface area contributed by atoms with Crippen LogP contribution in [0.4, 0.5) is 4.39 Å². The number of halogens is 2. The first-order chi connectivity index (χ1) is 7.86. The van der Waals surface area contributed by atoms with Crippen LogP contribution >= 0.6 is 11.6 Å². The molecule has 0 aliphatic rings. The molecular weight excluding hydrogens is 267 g/mol. The van der Waals surface area contributed by atoms with E-state index in [1.54, 1.807) is 14.0 Å². The van der Waals surface area contributed by atoms with Crippen LogP contribution in [0, 0.1) is 5.82 Å². The van der Waals surface area contributed by atoms with E-state index in [2.05, 4.69) is 10.0 Å². The number of likely N-dealkylation sites (N-methyl/N-ethyl adjacent to an activating group) is 1. The summed E-state index contributed by atoms with van der Waals surface area (Å²) in [6.07, 6.45) is 0. The smallest absolute Gasteiger partial charge is 0.243 e. The molecule has 1 aromatic carbocycles. The second-order valence-electron chi connectivity index (χ2n) is 3.62. The quantitative estimate of drug-likeness (QED) is 0.856. The zero-order chi connectivity index (χ0) is 13.1. The van der Waals surface area contributed by atoms with Gasteiger partial charge >= 0.3 is 0 Å². The first kappa shape index (κ1) is 14.4. The summed E-state index contributed by atoms with van der Waals surface area (Å²) in [6, 6.07) is 3.36. The third kappa shape index (κ3) is 3.92. The van der Waals surface area contributed by atoms with Crippen LogP contribution in [0.25, 0.3) is 0 Å². The fourth-order valence-electron chi connectivity index (χ4n) is 1.10. The van der Waals surface area contributed by atoms with Crippen molar-refractivity contribution >= 4 is 21.6 Å². The van der Waals surface area contributed by atoms with E-state index in [9.17, 15) is 12.8 Å². The van der Waals surface area contributed by atoms with Gasteiger partial charge in [0.05, 0.1) is 0 Å². The van der Waals surface area contributed by atoms with Crippen molar-refractivity contribution in [2.45, 2.75) is 17.9 Å². The van der Waals surface area contributed by atoms with E-state index in [4.69, 9.17) is 11.6 Å². The van der Waals surface area contributed by atoms with E-state index in [1.165, 1.54) is 6.07 Å². The SMILES string of the molecule is CNC(C)CNS(=O)(=O)c1cc(Cl)ccc1F. The summed E-state index contributed by atoms with van der Waals surface area (Å²) in [4.78, 5) is -0.437. The Hall–Kier alpha value is -0.690. The third-order valence-electron chi connectivity index (χ3n) is 2.26.